The fourth-order valence-electron chi connectivity index (χ4n) is 2.23. The van der Waals surface area contributed by atoms with Crippen LogP contribution in [0.25, 0.3) is 10.9 Å². The minimum Gasteiger partial charge on any atom is -0.360 e. The van der Waals surface area contributed by atoms with Gasteiger partial charge in [-0.25, -0.2) is 0 Å². The van der Waals surface area contributed by atoms with Crippen molar-refractivity contribution in [3.05, 3.63) is 60.3 Å². The molecule has 2 nitrogen and oxygen atoms in total. The Hall–Kier alpha value is -1.71. The van der Waals surface area contributed by atoms with E-state index in [1.54, 1.807) is 11.8 Å². The van der Waals surface area contributed by atoms with Gasteiger partial charge in [0.2, 0.25) is 0 Å². The second-order valence-electron chi connectivity index (χ2n) is 4.45. The van der Waals surface area contributed by atoms with Gasteiger partial charge in [0.15, 0.2) is 0 Å². The van der Waals surface area contributed by atoms with Gasteiger partial charge in [-0.3, -0.25) is 0 Å². The molecule has 0 spiro atoms. The molecule has 0 atom stereocenters. The summed E-state index contributed by atoms with van der Waals surface area (Å²) in [7, 11) is 0. The first kappa shape index (κ1) is 12.3. The summed E-state index contributed by atoms with van der Waals surface area (Å²) in [6, 6.07) is 17.0. The molecule has 0 saturated carbocycles. The summed E-state index contributed by atoms with van der Waals surface area (Å²) in [4.78, 5) is 5.86. The monoisotopic (exact) mass is 268 g/mol. The summed E-state index contributed by atoms with van der Waals surface area (Å²) >= 11 is 1.80. The summed E-state index contributed by atoms with van der Waals surface area (Å²) in [5, 5.41) is 1.25. The van der Waals surface area contributed by atoms with E-state index in [0.717, 1.165) is 6.42 Å². The van der Waals surface area contributed by atoms with E-state index in [4.69, 9.17) is 5.73 Å². The highest BCUT2D eigenvalue weighted by Gasteiger charge is 2.07. The number of fused-ring (bicyclic) bond motifs is 1. The third-order valence-electron chi connectivity index (χ3n) is 3.16. The maximum Gasteiger partial charge on any atom is 0.0595 e. The predicted octanol–water partition coefficient (Wildman–Crippen LogP) is 3.82. The third-order valence-corrected chi connectivity index (χ3v) is 4.33. The lowest BCUT2D eigenvalue weighted by molar-refractivity contribution is 0.944. The summed E-state index contributed by atoms with van der Waals surface area (Å²) < 4.78 is 0. The summed E-state index contributed by atoms with van der Waals surface area (Å²) in [5.41, 5.74) is 8.20. The van der Waals surface area contributed by atoms with E-state index in [1.807, 2.05) is 6.20 Å². The van der Waals surface area contributed by atoms with E-state index in [0.29, 0.717) is 6.54 Å². The average molecular weight is 268 g/mol. The first-order valence-corrected chi connectivity index (χ1v) is 7.22. The third kappa shape index (κ3) is 2.53. The standard InChI is InChI=1S/C16H16N2S/c17-10-8-12-4-1-2-6-14(12)19-15-7-3-5-13-9-11-18-16(13)15/h1-7,9,11,18H,8,10,17H2. The zero-order chi connectivity index (χ0) is 13.1. The Labute approximate surface area is 117 Å². The lowest BCUT2D eigenvalue weighted by Crippen LogP contribution is -2.03. The first-order chi connectivity index (χ1) is 9.38. The molecule has 0 fully saturated rings. The highest BCUT2D eigenvalue weighted by Crippen LogP contribution is 2.34. The van der Waals surface area contributed by atoms with Gasteiger partial charge < -0.3 is 10.7 Å². The maximum absolute atomic E-state index is 5.68. The quantitative estimate of drug-likeness (QED) is 0.755. The van der Waals surface area contributed by atoms with Crippen LogP contribution in [0.4, 0.5) is 0 Å². The topological polar surface area (TPSA) is 41.8 Å². The van der Waals surface area contributed by atoms with Gasteiger partial charge in [0.1, 0.15) is 0 Å². The van der Waals surface area contributed by atoms with Crippen LogP contribution in [0.5, 0.6) is 0 Å². The first-order valence-electron chi connectivity index (χ1n) is 6.40. The summed E-state index contributed by atoms with van der Waals surface area (Å²) in [6.45, 7) is 0.685. The maximum atomic E-state index is 5.68. The summed E-state index contributed by atoms with van der Waals surface area (Å²) in [5.74, 6) is 0. The molecule has 96 valence electrons. The smallest absolute Gasteiger partial charge is 0.0595 e. The molecule has 0 amide bonds. The van der Waals surface area contributed by atoms with Crippen molar-refractivity contribution in [1.29, 1.82) is 0 Å². The van der Waals surface area contributed by atoms with E-state index in [9.17, 15) is 0 Å². The molecule has 2 aromatic carbocycles. The zero-order valence-electron chi connectivity index (χ0n) is 10.6. The van der Waals surface area contributed by atoms with Crippen molar-refractivity contribution in [2.24, 2.45) is 5.73 Å². The normalized spacial score (nSPS) is 11.0. The molecule has 1 heterocycles. The van der Waals surface area contributed by atoms with Crippen molar-refractivity contribution in [2.45, 2.75) is 16.2 Å². The number of hydrogen-bond acceptors (Lipinski definition) is 2. The number of hydrogen-bond donors (Lipinski definition) is 2. The van der Waals surface area contributed by atoms with Crippen molar-refractivity contribution >= 4 is 22.7 Å². The van der Waals surface area contributed by atoms with Crippen LogP contribution in [-0.2, 0) is 6.42 Å². The van der Waals surface area contributed by atoms with E-state index in [1.165, 1.54) is 26.3 Å². The van der Waals surface area contributed by atoms with Crippen LogP contribution in [0, 0.1) is 0 Å². The van der Waals surface area contributed by atoms with Crippen molar-refractivity contribution < 1.29 is 0 Å². The Morgan fingerprint density at radius 1 is 0.947 bits per heavy atom. The van der Waals surface area contributed by atoms with Gasteiger partial charge in [-0.05, 0) is 36.7 Å². The number of rotatable bonds is 4. The Kier molecular flexibility index (Phi) is 3.58. The molecule has 1 aromatic heterocycles. The van der Waals surface area contributed by atoms with Crippen LogP contribution in [0.2, 0.25) is 0 Å². The molecule has 19 heavy (non-hydrogen) atoms. The van der Waals surface area contributed by atoms with E-state index >= 15 is 0 Å². The van der Waals surface area contributed by atoms with Gasteiger partial charge in [0, 0.05) is 21.4 Å². The molecule has 3 aromatic rings. The largest absolute Gasteiger partial charge is 0.360 e. The number of aromatic nitrogens is 1. The molecular formula is C16H16N2S. The molecule has 3 rings (SSSR count). The average Bonchev–Trinajstić information content (AvgIpc) is 2.91. The van der Waals surface area contributed by atoms with Crippen LogP contribution in [0.15, 0.2) is 64.5 Å². The molecular weight excluding hydrogens is 252 g/mol. The van der Waals surface area contributed by atoms with Crippen molar-refractivity contribution in [3.63, 3.8) is 0 Å². The highest BCUT2D eigenvalue weighted by molar-refractivity contribution is 7.99. The molecule has 3 heteroatoms. The molecule has 0 unspecified atom stereocenters. The van der Waals surface area contributed by atoms with E-state index in [2.05, 4.69) is 53.5 Å². The van der Waals surface area contributed by atoms with Gasteiger partial charge >= 0.3 is 0 Å². The number of benzene rings is 2. The van der Waals surface area contributed by atoms with Crippen LogP contribution in [-0.4, -0.2) is 11.5 Å². The Morgan fingerprint density at radius 3 is 2.68 bits per heavy atom. The number of H-pyrrole nitrogens is 1. The van der Waals surface area contributed by atoms with E-state index < -0.39 is 0 Å². The molecule has 0 aliphatic rings. The van der Waals surface area contributed by atoms with Crippen LogP contribution < -0.4 is 5.73 Å². The van der Waals surface area contributed by atoms with Gasteiger partial charge in [-0.15, -0.1) is 0 Å². The van der Waals surface area contributed by atoms with Crippen molar-refractivity contribution in [1.82, 2.24) is 4.98 Å². The van der Waals surface area contributed by atoms with Crippen LogP contribution in [0.1, 0.15) is 5.56 Å². The molecule has 0 bridgehead atoms. The number of nitrogens with two attached hydrogens (primary N) is 1. The van der Waals surface area contributed by atoms with Crippen LogP contribution in [0.3, 0.4) is 0 Å². The van der Waals surface area contributed by atoms with E-state index in [-0.39, 0.29) is 0 Å². The second kappa shape index (κ2) is 5.51. The minimum atomic E-state index is 0.685. The Balaban J connectivity index is 1.99. The predicted molar refractivity (Wildman–Crippen MR) is 81.6 cm³/mol. The highest BCUT2D eigenvalue weighted by atomic mass is 32.2. The van der Waals surface area contributed by atoms with Crippen molar-refractivity contribution in [2.75, 3.05) is 6.54 Å². The molecule has 0 saturated heterocycles. The second-order valence-corrected chi connectivity index (χ2v) is 5.53. The van der Waals surface area contributed by atoms with Crippen molar-refractivity contribution in [3.8, 4) is 0 Å². The van der Waals surface area contributed by atoms with Gasteiger partial charge in [0.25, 0.3) is 0 Å². The number of nitrogens with one attached hydrogen (secondary N) is 1. The van der Waals surface area contributed by atoms with Crippen LogP contribution >= 0.6 is 11.8 Å². The molecule has 3 N–H and O–H groups in total. The lowest BCUT2D eigenvalue weighted by atomic mass is 10.1. The SMILES string of the molecule is NCCc1ccccc1Sc1cccc2cc[nH]c12. The fourth-order valence-corrected chi connectivity index (χ4v) is 3.34. The zero-order valence-corrected chi connectivity index (χ0v) is 11.4. The fraction of sp³-hybridized carbons (Fsp3) is 0.125. The van der Waals surface area contributed by atoms with Gasteiger partial charge in [-0.1, -0.05) is 42.1 Å². The van der Waals surface area contributed by atoms with Gasteiger partial charge in [-0.2, -0.15) is 0 Å². The molecule has 0 aliphatic heterocycles. The lowest BCUT2D eigenvalue weighted by Gasteiger charge is -2.08. The van der Waals surface area contributed by atoms with Gasteiger partial charge in [0.05, 0.1) is 5.52 Å². The molecule has 0 radical (unpaired) electrons. The number of para-hydroxylation sites is 1. The summed E-state index contributed by atoms with van der Waals surface area (Å²) in [6.07, 6.45) is 2.91. The Morgan fingerprint density at radius 2 is 1.79 bits per heavy atom. The molecule has 0 aliphatic carbocycles. The Bertz CT molecular complexity index is 688. The minimum absolute atomic E-state index is 0.685. The number of aromatic amines is 1.